The molecule has 0 aliphatic heterocycles. The molecule has 0 saturated heterocycles. The highest BCUT2D eigenvalue weighted by molar-refractivity contribution is 9.10. The van der Waals surface area contributed by atoms with Crippen LogP contribution in [0.15, 0.2) is 22.7 Å². The topological polar surface area (TPSA) is 38.3 Å². The van der Waals surface area contributed by atoms with Gasteiger partial charge in [-0.1, -0.05) is 0 Å². The molecule has 1 aromatic carbocycles. The molecule has 2 rings (SSSR count). The van der Waals surface area contributed by atoms with Crippen molar-refractivity contribution < 1.29 is 9.53 Å². The molecule has 0 spiro atoms. The lowest BCUT2D eigenvalue weighted by atomic mass is 9.94. The summed E-state index contributed by atoms with van der Waals surface area (Å²) in [6.07, 6.45) is 6.67. The lowest BCUT2D eigenvalue weighted by Crippen LogP contribution is -2.38. The maximum Gasteiger partial charge on any atom is 0.252 e. The summed E-state index contributed by atoms with van der Waals surface area (Å²) in [5, 5.41) is 3.89. The quantitative estimate of drug-likeness (QED) is 0.888. The minimum absolute atomic E-state index is 0.0247. The van der Waals surface area contributed by atoms with Crippen molar-refractivity contribution in [2.75, 3.05) is 13.4 Å². The Bertz CT molecular complexity index is 473. The first-order valence-corrected chi connectivity index (χ1v) is 8.89. The standard InChI is InChI=1S/C15H20BrNO2S/c1-19-11-5-8-14(16)13(9-11)15(18)17-10-3-6-12(20-2)7-4-10/h5,8-10,12H,3-4,6-7H2,1-2H3,(H,17,18). The molecular weight excluding hydrogens is 338 g/mol. The van der Waals surface area contributed by atoms with Gasteiger partial charge in [0.2, 0.25) is 0 Å². The van der Waals surface area contributed by atoms with E-state index in [1.54, 1.807) is 13.2 Å². The first kappa shape index (κ1) is 15.7. The highest BCUT2D eigenvalue weighted by atomic mass is 79.9. The van der Waals surface area contributed by atoms with Gasteiger partial charge in [-0.2, -0.15) is 11.8 Å². The molecule has 1 aliphatic carbocycles. The van der Waals surface area contributed by atoms with Crippen molar-refractivity contribution in [2.24, 2.45) is 0 Å². The van der Waals surface area contributed by atoms with E-state index in [2.05, 4.69) is 27.5 Å². The number of halogens is 1. The van der Waals surface area contributed by atoms with E-state index in [4.69, 9.17) is 4.74 Å². The van der Waals surface area contributed by atoms with Crippen LogP contribution in [0.2, 0.25) is 0 Å². The zero-order valence-electron chi connectivity index (χ0n) is 11.8. The first-order valence-electron chi connectivity index (χ1n) is 6.81. The summed E-state index contributed by atoms with van der Waals surface area (Å²) in [5.41, 5.74) is 0.635. The molecule has 1 aromatic rings. The number of methoxy groups -OCH3 is 1. The van der Waals surface area contributed by atoms with E-state index >= 15 is 0 Å². The molecule has 1 saturated carbocycles. The number of rotatable bonds is 4. The van der Waals surface area contributed by atoms with Gasteiger partial charge in [0.05, 0.1) is 12.7 Å². The Morgan fingerprint density at radius 2 is 2.05 bits per heavy atom. The molecule has 110 valence electrons. The van der Waals surface area contributed by atoms with Crippen molar-refractivity contribution in [2.45, 2.75) is 37.0 Å². The smallest absolute Gasteiger partial charge is 0.252 e. The third-order valence-corrected chi connectivity index (χ3v) is 5.59. The normalized spacial score (nSPS) is 22.4. The van der Waals surface area contributed by atoms with Crippen molar-refractivity contribution in [1.29, 1.82) is 0 Å². The fourth-order valence-electron chi connectivity index (χ4n) is 2.51. The van der Waals surface area contributed by atoms with E-state index in [-0.39, 0.29) is 5.91 Å². The zero-order chi connectivity index (χ0) is 14.5. The third-order valence-electron chi connectivity index (χ3n) is 3.76. The number of hydrogen-bond donors (Lipinski definition) is 1. The fraction of sp³-hybridized carbons (Fsp3) is 0.533. The Hall–Kier alpha value is -0.680. The predicted octanol–water partition coefficient (Wildman–Crippen LogP) is 3.86. The van der Waals surface area contributed by atoms with Gasteiger partial charge in [-0.05, 0) is 66.1 Å². The maximum absolute atomic E-state index is 12.4. The first-order chi connectivity index (χ1) is 9.63. The monoisotopic (exact) mass is 357 g/mol. The molecule has 0 heterocycles. The molecule has 0 aromatic heterocycles. The van der Waals surface area contributed by atoms with E-state index in [1.807, 2.05) is 23.9 Å². The number of carbonyl (C=O) groups is 1. The summed E-state index contributed by atoms with van der Waals surface area (Å²) in [6.45, 7) is 0. The van der Waals surface area contributed by atoms with Gasteiger partial charge in [0.1, 0.15) is 5.75 Å². The van der Waals surface area contributed by atoms with Crippen LogP contribution in [-0.4, -0.2) is 30.6 Å². The molecule has 3 nitrogen and oxygen atoms in total. The van der Waals surface area contributed by atoms with Crippen molar-refractivity contribution >= 4 is 33.6 Å². The van der Waals surface area contributed by atoms with Crippen molar-refractivity contribution in [3.8, 4) is 5.75 Å². The molecule has 0 atom stereocenters. The summed E-state index contributed by atoms with van der Waals surface area (Å²) in [6, 6.07) is 5.75. The van der Waals surface area contributed by atoms with Gasteiger partial charge in [-0.15, -0.1) is 0 Å². The molecule has 0 bridgehead atoms. The van der Waals surface area contributed by atoms with Crippen LogP contribution in [0.1, 0.15) is 36.0 Å². The molecule has 1 fully saturated rings. The van der Waals surface area contributed by atoms with E-state index in [0.717, 1.165) is 22.6 Å². The molecule has 5 heteroatoms. The summed E-state index contributed by atoms with van der Waals surface area (Å²) in [5.74, 6) is 0.674. The van der Waals surface area contributed by atoms with Crippen LogP contribution in [0.4, 0.5) is 0 Å². The lowest BCUT2D eigenvalue weighted by molar-refractivity contribution is 0.0927. The Kier molecular flexibility index (Phi) is 5.78. The second-order valence-electron chi connectivity index (χ2n) is 5.03. The number of ether oxygens (including phenoxy) is 1. The molecule has 1 N–H and O–H groups in total. The van der Waals surface area contributed by atoms with Crippen molar-refractivity contribution in [3.63, 3.8) is 0 Å². The van der Waals surface area contributed by atoms with Gasteiger partial charge in [0.25, 0.3) is 5.91 Å². The minimum Gasteiger partial charge on any atom is -0.497 e. The van der Waals surface area contributed by atoms with Gasteiger partial charge in [-0.25, -0.2) is 0 Å². The summed E-state index contributed by atoms with van der Waals surface area (Å²) in [4.78, 5) is 12.4. The lowest BCUT2D eigenvalue weighted by Gasteiger charge is -2.28. The molecule has 0 radical (unpaired) electrons. The molecule has 1 aliphatic rings. The summed E-state index contributed by atoms with van der Waals surface area (Å²) >= 11 is 5.36. The molecule has 0 unspecified atom stereocenters. The molecule has 20 heavy (non-hydrogen) atoms. The number of hydrogen-bond acceptors (Lipinski definition) is 3. The van der Waals surface area contributed by atoms with E-state index in [1.165, 1.54) is 12.8 Å². The van der Waals surface area contributed by atoms with Crippen LogP contribution in [0.5, 0.6) is 5.75 Å². The molecular formula is C15H20BrNO2S. The Balaban J connectivity index is 1.98. The van der Waals surface area contributed by atoms with Crippen LogP contribution in [-0.2, 0) is 0 Å². The number of carbonyl (C=O) groups excluding carboxylic acids is 1. The van der Waals surface area contributed by atoms with Crippen LogP contribution < -0.4 is 10.1 Å². The van der Waals surface area contributed by atoms with Gasteiger partial charge in [0, 0.05) is 15.8 Å². The van der Waals surface area contributed by atoms with Crippen LogP contribution in [0.3, 0.4) is 0 Å². The van der Waals surface area contributed by atoms with Gasteiger partial charge >= 0.3 is 0 Å². The van der Waals surface area contributed by atoms with Crippen LogP contribution >= 0.6 is 27.7 Å². The Morgan fingerprint density at radius 1 is 1.35 bits per heavy atom. The van der Waals surface area contributed by atoms with E-state index < -0.39 is 0 Å². The fourth-order valence-corrected chi connectivity index (χ4v) is 3.68. The average Bonchev–Trinajstić information content (AvgIpc) is 2.48. The van der Waals surface area contributed by atoms with E-state index in [0.29, 0.717) is 17.4 Å². The number of nitrogens with one attached hydrogen (secondary N) is 1. The van der Waals surface area contributed by atoms with Crippen LogP contribution in [0.25, 0.3) is 0 Å². The van der Waals surface area contributed by atoms with Crippen LogP contribution in [0, 0.1) is 0 Å². The van der Waals surface area contributed by atoms with Crippen molar-refractivity contribution in [3.05, 3.63) is 28.2 Å². The van der Waals surface area contributed by atoms with Gasteiger partial charge in [-0.3, -0.25) is 4.79 Å². The van der Waals surface area contributed by atoms with E-state index in [9.17, 15) is 4.79 Å². The number of amides is 1. The average molecular weight is 358 g/mol. The summed E-state index contributed by atoms with van der Waals surface area (Å²) in [7, 11) is 1.61. The largest absolute Gasteiger partial charge is 0.497 e. The summed E-state index contributed by atoms with van der Waals surface area (Å²) < 4.78 is 5.97. The second-order valence-corrected chi connectivity index (χ2v) is 7.02. The zero-order valence-corrected chi connectivity index (χ0v) is 14.2. The highest BCUT2D eigenvalue weighted by Crippen LogP contribution is 2.28. The Labute approximate surface area is 133 Å². The maximum atomic E-state index is 12.4. The van der Waals surface area contributed by atoms with Crippen molar-refractivity contribution in [1.82, 2.24) is 5.32 Å². The highest BCUT2D eigenvalue weighted by Gasteiger charge is 2.23. The predicted molar refractivity (Wildman–Crippen MR) is 87.7 cm³/mol. The minimum atomic E-state index is -0.0247. The second kappa shape index (κ2) is 7.36. The SMILES string of the molecule is COc1ccc(Br)c(C(=O)NC2CCC(SC)CC2)c1. The number of thioether (sulfide) groups is 1. The van der Waals surface area contributed by atoms with Gasteiger partial charge < -0.3 is 10.1 Å². The number of benzene rings is 1. The molecule has 1 amide bonds. The van der Waals surface area contributed by atoms with Gasteiger partial charge in [0.15, 0.2) is 0 Å². The Morgan fingerprint density at radius 3 is 2.65 bits per heavy atom. The third kappa shape index (κ3) is 3.92.